The number of benzene rings is 5. The zero-order chi connectivity index (χ0) is 70.1. The number of allylic oxidation sites excluding steroid dienone is 1. The molecule has 499 valence electrons. The molecule has 0 aromatic heterocycles. The van der Waals surface area contributed by atoms with E-state index < -0.39 is 49.9 Å². The summed E-state index contributed by atoms with van der Waals surface area (Å²) in [4.78, 5) is 108. The van der Waals surface area contributed by atoms with Crippen molar-refractivity contribution in [3.8, 4) is 28.7 Å². The first kappa shape index (κ1) is 93.7. The van der Waals surface area contributed by atoms with E-state index in [1.54, 1.807) is 43.0 Å². The smallest absolute Gasteiger partial charge is 1.00 e. The molecule has 0 spiro atoms. The second-order valence-corrected chi connectivity index (χ2v) is 24.7. The van der Waals surface area contributed by atoms with Gasteiger partial charge in [0.05, 0.1) is 72.6 Å². The number of phenols is 1. The number of nitro benzene ring substituents is 4. The van der Waals surface area contributed by atoms with Crippen molar-refractivity contribution in [2.45, 2.75) is 63.9 Å². The molecule has 0 saturated heterocycles. The van der Waals surface area contributed by atoms with Gasteiger partial charge in [-0.15, -0.1) is 0 Å². The molecule has 40 heteroatoms. The summed E-state index contributed by atoms with van der Waals surface area (Å²) < 4.78 is 21.9. The number of nitrogens with two attached hydrogens (primary N) is 2. The van der Waals surface area contributed by atoms with Gasteiger partial charge >= 0.3 is 140 Å². The molecule has 7 N–H and O–H groups in total. The van der Waals surface area contributed by atoms with Gasteiger partial charge in [-0.1, -0.05) is 35.7 Å². The maximum Gasteiger partial charge on any atom is 1.00 e. The summed E-state index contributed by atoms with van der Waals surface area (Å²) >= 11 is 9.67. The Balaban J connectivity index is -0.000000515. The average Bonchev–Trinajstić information content (AvgIpc) is 0.817. The van der Waals surface area contributed by atoms with E-state index in [2.05, 4.69) is 67.1 Å². The molecule has 5 atom stereocenters. The third-order valence-corrected chi connectivity index (χ3v) is 12.9. The molecule has 5 aromatic carbocycles. The van der Waals surface area contributed by atoms with E-state index in [-0.39, 0.29) is 199 Å². The van der Waals surface area contributed by atoms with Gasteiger partial charge < -0.3 is 67.5 Å². The summed E-state index contributed by atoms with van der Waals surface area (Å²) in [7, 11) is 9.87. The third kappa shape index (κ3) is 34.0. The number of hydrogen-bond donors (Lipinski definition) is 5. The maximum absolute atomic E-state index is 11.7. The number of fused-ring (bicyclic) bond motifs is 4. The van der Waals surface area contributed by atoms with Gasteiger partial charge in [-0.25, -0.2) is 0 Å². The summed E-state index contributed by atoms with van der Waals surface area (Å²) in [6.07, 6.45) is 2.86. The van der Waals surface area contributed by atoms with Crippen LogP contribution < -0.4 is 159 Å². The average molecular weight is 1670 g/mol. The van der Waals surface area contributed by atoms with Crippen LogP contribution in [0.25, 0.3) is 0 Å². The Morgan fingerprint density at radius 2 is 1.05 bits per heavy atom. The number of nitrogens with zero attached hydrogens (tertiary/aromatic N) is 6. The number of amides is 3. The van der Waals surface area contributed by atoms with Crippen LogP contribution >= 0.6 is 61.3 Å². The van der Waals surface area contributed by atoms with Crippen LogP contribution in [0.1, 0.15) is 36.0 Å². The van der Waals surface area contributed by atoms with E-state index in [1.807, 2.05) is 20.8 Å². The van der Waals surface area contributed by atoms with Crippen LogP contribution in [-0.2, 0) is 33.7 Å². The second-order valence-electron chi connectivity index (χ2n) is 17.9. The number of carbonyl (C=O) groups excluding carboxylic acids is 6. The van der Waals surface area contributed by atoms with Gasteiger partial charge in [0, 0.05) is 62.6 Å². The molecule has 3 amide bonds. The topological polar surface area (TPSA) is 447 Å². The monoisotopic (exact) mass is 1670 g/mol. The Bertz CT molecular complexity index is 3500. The van der Waals surface area contributed by atoms with Crippen LogP contribution in [0.3, 0.4) is 0 Å². The fourth-order valence-electron chi connectivity index (χ4n) is 6.98. The molecule has 0 aliphatic carbocycles. The molecule has 0 fully saturated rings. The Morgan fingerprint density at radius 1 is 0.695 bits per heavy atom. The number of hydrogen-bond acceptors (Lipinski definition) is 24. The van der Waals surface area contributed by atoms with Crippen molar-refractivity contribution in [1.82, 2.24) is 0 Å². The van der Waals surface area contributed by atoms with Crippen LogP contribution in [0.4, 0.5) is 56.9 Å². The standard InChI is InChI=1S/C12H12N2O4.C12H14N2O2.C9H8N2O4.C9H10N2O3.C6H6N2O3.C3H4Br2O.C3H3ClO.CH2O3.B.2ClH.2K.Sn.H/c1-3-12(15)13-7-8(2)18-11-5-4-9(14(16)17)6-10(11)13;1-3-12(15)14-7-8(2)16-11-5-4-9(13)6-10(11)14;1-5-9(12)10-7-4-6(11(13)14)2-3-8(7)15-5;1-6-5-10-8-4-7(11(12)13)2-3-9(8)14-6;7-5-3-4(8(10)11)1-2-6(5)9;1-2(4)3(5)6;1-2-3(4)5;2-1-4-3;;;;;;;/h3-6,8H,1,7H2,2H3;3-6,8H,1,7,13H2,2H3;2-5H,1H3,(H,10,12);2-4,6,10H,5H2,1H3;1-3,9H,7H2;2H,1H3;2H,1H2;1,3H;;2*1H;;;;/q;;;;;;;;;;;2*+1;+2;-1/p-3. The predicted molar refractivity (Wildman–Crippen MR) is 357 cm³/mol. The van der Waals surface area contributed by atoms with Gasteiger partial charge in [-0.2, -0.15) is 0 Å². The van der Waals surface area contributed by atoms with E-state index in [4.69, 9.17) is 75.0 Å². The first-order chi connectivity index (χ1) is 43.2. The van der Waals surface area contributed by atoms with Crippen molar-refractivity contribution in [1.29, 1.82) is 0 Å². The minimum atomic E-state index is -0.826. The van der Waals surface area contributed by atoms with Crippen molar-refractivity contribution in [2.24, 2.45) is 0 Å². The number of anilines is 6. The number of non-ortho nitro benzene ring substituents is 4. The molecule has 9 rings (SSSR count). The number of halogens is 5. The fourth-order valence-corrected chi connectivity index (χ4v) is 6.98. The van der Waals surface area contributed by atoms with Crippen LogP contribution in [0, 0.1) is 40.5 Å². The van der Waals surface area contributed by atoms with Gasteiger partial charge in [0.2, 0.25) is 9.93 Å². The molecule has 0 saturated carbocycles. The molecule has 5 radical (unpaired) electrons. The molecule has 5 unspecified atom stereocenters. The van der Waals surface area contributed by atoms with Crippen molar-refractivity contribution < 1.29 is 187 Å². The normalized spacial score (nSPS) is 15.0. The van der Waals surface area contributed by atoms with Gasteiger partial charge in [0.1, 0.15) is 47.1 Å². The first-order valence-corrected chi connectivity index (χ1v) is 35.0. The van der Waals surface area contributed by atoms with E-state index in [0.29, 0.717) is 71.1 Å². The SMILES string of the molecule is C=CC(=O)Cl.C=CC(=O)N1CC(C)Oc2ccc(N)cc21.C=CC(=O)N1CC(C)Oc2ccc([N+](=O)[O-])cc21.CC(Br)C(=O)Br.CC1CNc2cc([N+](=O)[O-])ccc2O1.CC1Oc2ccc([N+](=O)[O-])cc2NC1=O.Nc1cc([N+](=O)[O-])ccc1O.O=CO[O-].[B].[Cl][Sn][Cl].[H-].[K+].[K+]. The number of phenolic OH excluding ortho intramolecular Hbond substituents is 1. The quantitative estimate of drug-likeness (QED) is 0.0135. The third-order valence-electron chi connectivity index (χ3n) is 11.1. The molecule has 4 aliphatic heterocycles. The minimum absolute atomic E-state index is 0. The summed E-state index contributed by atoms with van der Waals surface area (Å²) in [6, 6.07) is 21.6. The Labute approximate surface area is 671 Å². The van der Waals surface area contributed by atoms with E-state index in [1.165, 1.54) is 77.7 Å². The van der Waals surface area contributed by atoms with Crippen LogP contribution in [-0.4, -0.2) is 135 Å². The van der Waals surface area contributed by atoms with Crippen LogP contribution in [0.15, 0.2) is 129 Å². The zero-order valence-electron chi connectivity index (χ0n) is 52.5. The van der Waals surface area contributed by atoms with Gasteiger partial charge in [0.15, 0.2) is 6.10 Å². The molecular weight excluding hydrogens is 1610 g/mol. The van der Waals surface area contributed by atoms with Gasteiger partial charge in [-0.3, -0.25) is 69.2 Å². The number of carbonyl (C=O) groups is 6. The number of alkyl halides is 1. The maximum atomic E-state index is 11.7. The van der Waals surface area contributed by atoms with Crippen molar-refractivity contribution >= 4 is 180 Å². The van der Waals surface area contributed by atoms with Crippen LogP contribution in [0.5, 0.6) is 28.7 Å². The predicted octanol–water partition coefficient (Wildman–Crippen LogP) is 3.25. The zero-order valence-corrected chi connectivity index (χ0v) is 66.1. The number of nitrogen functional groups attached to an aromatic ring is 2. The molecule has 31 nitrogen and oxygen atoms in total. The van der Waals surface area contributed by atoms with Gasteiger partial charge in [0.25, 0.3) is 46.9 Å². The van der Waals surface area contributed by atoms with E-state index in [0.717, 1.165) is 12.1 Å². The molecular formula is C55H59BBr2Cl3K2N10O21Sn. The Morgan fingerprint density at radius 3 is 1.44 bits per heavy atom. The Hall–Kier alpha value is -5.53. The van der Waals surface area contributed by atoms with E-state index in [9.17, 15) is 64.4 Å². The molecule has 4 heterocycles. The Kier molecular flexibility index (Phi) is 48.4. The van der Waals surface area contributed by atoms with Crippen molar-refractivity contribution in [3.05, 3.63) is 169 Å². The number of nitrogens with one attached hydrogen (secondary N) is 2. The number of rotatable bonds is 9. The van der Waals surface area contributed by atoms with Crippen molar-refractivity contribution in [2.75, 3.05) is 51.5 Å². The fraction of sp³-hybridized carbons (Fsp3) is 0.236. The summed E-state index contributed by atoms with van der Waals surface area (Å²) in [5.74, 6) is 1.40. The number of ether oxygens (including phenoxy) is 4. The first-order valence-electron chi connectivity index (χ1n) is 25.6. The largest absolute Gasteiger partial charge is 1.00 e. The number of aromatic hydroxyl groups is 1. The minimum Gasteiger partial charge on any atom is -1.00 e. The van der Waals surface area contributed by atoms with Crippen molar-refractivity contribution in [3.63, 3.8) is 0 Å². The second kappa shape index (κ2) is 49.0. The molecule has 0 bridgehead atoms. The summed E-state index contributed by atoms with van der Waals surface area (Å²) in [5.41, 5.74) is 13.5. The summed E-state index contributed by atoms with van der Waals surface area (Å²) in [6.45, 7) is 20.4. The van der Waals surface area contributed by atoms with Gasteiger partial charge in [-0.05, 0) is 123 Å². The summed E-state index contributed by atoms with van der Waals surface area (Å²) in [5, 5.41) is 64.3. The van der Waals surface area contributed by atoms with Crippen LogP contribution in [0.2, 0.25) is 0 Å². The molecule has 95 heavy (non-hydrogen) atoms. The molecule has 4 aliphatic rings. The van der Waals surface area contributed by atoms with E-state index >= 15 is 0 Å². The number of nitro groups is 4. The molecule has 5 aromatic rings.